The highest BCUT2D eigenvalue weighted by Crippen LogP contribution is 2.28. The molecule has 1 aliphatic heterocycles. The van der Waals surface area contributed by atoms with Crippen molar-refractivity contribution in [2.45, 2.75) is 40.0 Å². The number of nitrogens with zero attached hydrogens (tertiary/aromatic N) is 3. The number of rotatable bonds is 6. The van der Waals surface area contributed by atoms with Crippen LogP contribution in [0.1, 0.15) is 39.2 Å². The Labute approximate surface area is 188 Å². The number of allylic oxidation sites excluding steroid dienone is 2. The van der Waals surface area contributed by atoms with E-state index in [0.717, 1.165) is 52.7 Å². The second-order valence-corrected chi connectivity index (χ2v) is 8.82. The van der Waals surface area contributed by atoms with Crippen LogP contribution in [0.4, 0.5) is 5.82 Å². The lowest BCUT2D eigenvalue weighted by Gasteiger charge is -2.31. The largest absolute Gasteiger partial charge is 0.402 e. The van der Waals surface area contributed by atoms with Gasteiger partial charge in [-0.1, -0.05) is 6.92 Å². The summed E-state index contributed by atoms with van der Waals surface area (Å²) in [6.07, 6.45) is 6.06. The quantitative estimate of drug-likeness (QED) is 0.506. The molecular weight excluding hydrogens is 400 g/mol. The number of aromatic amines is 1. The summed E-state index contributed by atoms with van der Waals surface area (Å²) in [6.45, 7) is 7.78. The van der Waals surface area contributed by atoms with Crippen LogP contribution in [0, 0.1) is 11.3 Å². The number of hydrogen-bond donors (Lipinski definition) is 3. The standard InChI is InChI=1S/C25H30N6O/c1-15-5-8-31(9-6-15)23-13-19(4-7-28-23)21-12-20-10-18(14-29-25(20)30-21)11-22(32)24(27)16(2)17(3)26/h4,7,10,12-15,27H,5-6,8-9,11,26H2,1-3H3,(H,29,30)/b17-16-,27-24?. The Hall–Kier alpha value is -3.48. The zero-order chi connectivity index (χ0) is 22.8. The molecule has 1 fully saturated rings. The van der Waals surface area contributed by atoms with Crippen molar-refractivity contribution in [2.24, 2.45) is 11.7 Å². The molecular formula is C25H30N6O. The highest BCUT2D eigenvalue weighted by Gasteiger charge is 2.18. The van der Waals surface area contributed by atoms with Crippen molar-refractivity contribution in [3.63, 3.8) is 0 Å². The summed E-state index contributed by atoms with van der Waals surface area (Å²) in [4.78, 5) is 27.3. The molecule has 1 saturated heterocycles. The molecule has 0 aliphatic carbocycles. The number of H-pyrrole nitrogens is 1. The minimum Gasteiger partial charge on any atom is -0.402 e. The molecule has 7 heteroatoms. The molecule has 4 heterocycles. The van der Waals surface area contributed by atoms with E-state index in [1.54, 1.807) is 20.0 Å². The van der Waals surface area contributed by atoms with Crippen LogP contribution in [0.3, 0.4) is 0 Å². The van der Waals surface area contributed by atoms with Gasteiger partial charge in [0.2, 0.25) is 0 Å². The fourth-order valence-electron chi connectivity index (χ4n) is 3.99. The lowest BCUT2D eigenvalue weighted by Crippen LogP contribution is -2.33. The first kappa shape index (κ1) is 21.7. The lowest BCUT2D eigenvalue weighted by molar-refractivity contribution is -0.112. The number of nitrogens with one attached hydrogen (secondary N) is 2. The van der Waals surface area contributed by atoms with Crippen LogP contribution in [0.25, 0.3) is 22.3 Å². The van der Waals surface area contributed by atoms with E-state index in [9.17, 15) is 4.79 Å². The van der Waals surface area contributed by atoms with Gasteiger partial charge >= 0.3 is 0 Å². The Bertz CT molecular complexity index is 1200. The molecule has 3 aromatic heterocycles. The number of fused-ring (bicyclic) bond motifs is 1. The van der Waals surface area contributed by atoms with E-state index < -0.39 is 0 Å². The molecule has 0 atom stereocenters. The maximum absolute atomic E-state index is 12.5. The van der Waals surface area contributed by atoms with E-state index in [-0.39, 0.29) is 17.9 Å². The third kappa shape index (κ3) is 4.56. The molecule has 0 spiro atoms. The molecule has 7 nitrogen and oxygen atoms in total. The van der Waals surface area contributed by atoms with Gasteiger partial charge in [0.05, 0.1) is 0 Å². The third-order valence-corrected chi connectivity index (χ3v) is 6.30. The fourth-order valence-corrected chi connectivity index (χ4v) is 3.99. The van der Waals surface area contributed by atoms with Crippen molar-refractivity contribution < 1.29 is 4.79 Å². The minimum atomic E-state index is -0.265. The zero-order valence-electron chi connectivity index (χ0n) is 18.9. The van der Waals surface area contributed by atoms with E-state index >= 15 is 0 Å². The monoisotopic (exact) mass is 430 g/mol. The van der Waals surface area contributed by atoms with Gasteiger partial charge in [0.25, 0.3) is 0 Å². The van der Waals surface area contributed by atoms with Gasteiger partial charge in [0, 0.05) is 54.2 Å². The molecule has 0 unspecified atom stereocenters. The van der Waals surface area contributed by atoms with Crippen molar-refractivity contribution in [3.8, 4) is 11.3 Å². The first-order valence-corrected chi connectivity index (χ1v) is 11.1. The number of hydrogen-bond acceptors (Lipinski definition) is 6. The van der Waals surface area contributed by atoms with Crippen molar-refractivity contribution in [2.75, 3.05) is 18.0 Å². The number of ketones is 1. The van der Waals surface area contributed by atoms with E-state index in [0.29, 0.717) is 11.3 Å². The highest BCUT2D eigenvalue weighted by molar-refractivity contribution is 6.45. The molecule has 0 amide bonds. The lowest BCUT2D eigenvalue weighted by atomic mass is 9.99. The van der Waals surface area contributed by atoms with E-state index in [4.69, 9.17) is 11.1 Å². The van der Waals surface area contributed by atoms with Gasteiger partial charge in [-0.2, -0.15) is 0 Å². The molecule has 3 aromatic rings. The van der Waals surface area contributed by atoms with Crippen LogP contribution in [0.5, 0.6) is 0 Å². The molecule has 32 heavy (non-hydrogen) atoms. The first-order valence-electron chi connectivity index (χ1n) is 11.1. The normalized spacial score (nSPS) is 15.7. The SMILES string of the molecule is C/C(N)=C(\C)C(=N)C(=O)Cc1cnc2[nH]c(-c3ccnc(N4CCC(C)CC4)c3)cc2c1. The first-order chi connectivity index (χ1) is 15.3. The van der Waals surface area contributed by atoms with Gasteiger partial charge in [-0.15, -0.1) is 0 Å². The molecule has 4 rings (SSSR count). The van der Waals surface area contributed by atoms with Crippen molar-refractivity contribution >= 4 is 28.3 Å². The van der Waals surface area contributed by atoms with Crippen LogP contribution in [-0.2, 0) is 11.2 Å². The van der Waals surface area contributed by atoms with Gasteiger partial charge < -0.3 is 15.6 Å². The van der Waals surface area contributed by atoms with Crippen LogP contribution < -0.4 is 10.6 Å². The second kappa shape index (κ2) is 8.94. The number of carbonyl (C=O) groups is 1. The Morgan fingerprint density at radius 2 is 1.97 bits per heavy atom. The van der Waals surface area contributed by atoms with E-state index in [2.05, 4.69) is 32.8 Å². The average Bonchev–Trinajstić information content (AvgIpc) is 3.22. The smallest absolute Gasteiger partial charge is 0.185 e. The van der Waals surface area contributed by atoms with Gasteiger partial charge in [-0.25, -0.2) is 9.97 Å². The molecule has 4 N–H and O–H groups in total. The molecule has 1 aliphatic rings. The van der Waals surface area contributed by atoms with E-state index in [1.807, 2.05) is 24.4 Å². The molecule has 166 valence electrons. The predicted octanol–water partition coefficient (Wildman–Crippen LogP) is 4.25. The summed E-state index contributed by atoms with van der Waals surface area (Å²) in [5.74, 6) is 1.52. The van der Waals surface area contributed by atoms with Crippen molar-refractivity contribution in [1.29, 1.82) is 5.41 Å². The Balaban J connectivity index is 1.55. The summed E-state index contributed by atoms with van der Waals surface area (Å²) in [7, 11) is 0. The summed E-state index contributed by atoms with van der Waals surface area (Å²) in [5.41, 5.74) is 10.3. The second-order valence-electron chi connectivity index (χ2n) is 8.82. The number of carbonyl (C=O) groups excluding carboxylic acids is 1. The van der Waals surface area contributed by atoms with Crippen LogP contribution in [0.15, 0.2) is 47.9 Å². The third-order valence-electron chi connectivity index (χ3n) is 6.30. The molecule has 0 radical (unpaired) electrons. The van der Waals surface area contributed by atoms with E-state index in [1.165, 1.54) is 12.8 Å². The van der Waals surface area contributed by atoms with Crippen molar-refractivity contribution in [3.05, 3.63) is 53.5 Å². The van der Waals surface area contributed by atoms with Gasteiger partial charge in [-0.05, 0) is 68.0 Å². The number of Topliss-reactive ketones (excluding diaryl/α,β-unsaturated/α-hetero) is 1. The molecule has 0 aromatic carbocycles. The van der Waals surface area contributed by atoms with Crippen LogP contribution >= 0.6 is 0 Å². The number of aromatic nitrogens is 3. The minimum absolute atomic E-state index is 0.0451. The Kier molecular flexibility index (Phi) is 6.08. The molecule has 0 saturated carbocycles. The van der Waals surface area contributed by atoms with Crippen LogP contribution in [-0.4, -0.2) is 39.5 Å². The Morgan fingerprint density at radius 3 is 2.69 bits per heavy atom. The predicted molar refractivity (Wildman–Crippen MR) is 129 cm³/mol. The summed E-state index contributed by atoms with van der Waals surface area (Å²) >= 11 is 0. The van der Waals surface area contributed by atoms with Crippen molar-refractivity contribution in [1.82, 2.24) is 15.0 Å². The molecule has 0 bridgehead atoms. The summed E-state index contributed by atoms with van der Waals surface area (Å²) in [6, 6.07) is 8.12. The Morgan fingerprint density at radius 1 is 1.22 bits per heavy atom. The summed E-state index contributed by atoms with van der Waals surface area (Å²) < 4.78 is 0. The van der Waals surface area contributed by atoms with Gasteiger partial charge in [0.1, 0.15) is 17.2 Å². The maximum atomic E-state index is 12.5. The summed E-state index contributed by atoms with van der Waals surface area (Å²) in [5, 5.41) is 8.99. The van der Waals surface area contributed by atoms with Crippen LogP contribution in [0.2, 0.25) is 0 Å². The van der Waals surface area contributed by atoms with Gasteiger partial charge in [-0.3, -0.25) is 10.2 Å². The topological polar surface area (TPSA) is 112 Å². The van der Waals surface area contributed by atoms with Gasteiger partial charge in [0.15, 0.2) is 5.78 Å². The average molecular weight is 431 g/mol. The maximum Gasteiger partial charge on any atom is 0.185 e. The number of piperidine rings is 1. The number of anilines is 1. The fraction of sp³-hybridized carbons (Fsp3) is 0.360. The number of nitrogens with two attached hydrogens (primary N) is 1. The highest BCUT2D eigenvalue weighted by atomic mass is 16.1. The number of pyridine rings is 2. The zero-order valence-corrected chi connectivity index (χ0v) is 18.9.